The van der Waals surface area contributed by atoms with Gasteiger partial charge in [0.2, 0.25) is 10.0 Å². The number of hydrogen-bond donors (Lipinski definition) is 0. The molecule has 0 atom stereocenters. The fraction of sp³-hybridized carbons (Fsp3) is 0.100. The van der Waals surface area contributed by atoms with Crippen molar-refractivity contribution in [2.75, 3.05) is 0 Å². The third-order valence-corrected chi connectivity index (χ3v) is 6.64. The third-order valence-electron chi connectivity index (χ3n) is 4.27. The van der Waals surface area contributed by atoms with Gasteiger partial charge in [-0.2, -0.15) is 13.1 Å². The van der Waals surface area contributed by atoms with Gasteiger partial charge >= 0.3 is 0 Å². The summed E-state index contributed by atoms with van der Waals surface area (Å²) in [5, 5.41) is 0. The van der Waals surface area contributed by atoms with Crippen LogP contribution in [0.4, 0.5) is 0 Å². The van der Waals surface area contributed by atoms with E-state index in [4.69, 9.17) is 0 Å². The van der Waals surface area contributed by atoms with Gasteiger partial charge in [-0.15, -0.1) is 0 Å². The Hall–Kier alpha value is -2.61. The molecule has 0 amide bonds. The van der Waals surface area contributed by atoms with E-state index in [0.29, 0.717) is 11.0 Å². The Morgan fingerprint density at radius 2 is 1.33 bits per heavy atom. The fourth-order valence-electron chi connectivity index (χ4n) is 2.93. The van der Waals surface area contributed by atoms with Gasteiger partial charge in [-0.3, -0.25) is 0 Å². The van der Waals surface area contributed by atoms with Gasteiger partial charge in [0, 0.05) is 13.1 Å². The number of aromatic nitrogens is 2. The number of nitrogens with zero attached hydrogens (tertiary/aromatic N) is 3. The predicted octanol–water partition coefficient (Wildman–Crippen LogP) is 4.08. The van der Waals surface area contributed by atoms with Crippen molar-refractivity contribution in [2.24, 2.45) is 0 Å². The van der Waals surface area contributed by atoms with Gasteiger partial charge < -0.3 is 0 Å². The topological polar surface area (TPSA) is 63.2 Å². The second-order valence-electron chi connectivity index (χ2n) is 6.13. The van der Waals surface area contributed by atoms with E-state index in [1.54, 1.807) is 18.2 Å². The molecule has 136 valence electrons. The summed E-state index contributed by atoms with van der Waals surface area (Å²) in [4.78, 5) is 0.195. The van der Waals surface area contributed by atoms with Crippen LogP contribution in [0.25, 0.3) is 11.0 Å². The predicted molar refractivity (Wildman–Crippen MR) is 107 cm³/mol. The molecule has 0 aliphatic carbocycles. The number of benzene rings is 3. The molecule has 0 aliphatic heterocycles. The second-order valence-corrected chi connectivity index (χ2v) is 8.57. The molecule has 0 aliphatic rings. The van der Waals surface area contributed by atoms with Crippen LogP contribution in [0.15, 0.2) is 83.8 Å². The van der Waals surface area contributed by atoms with Crippen molar-refractivity contribution in [2.45, 2.75) is 18.0 Å². The summed E-state index contributed by atoms with van der Waals surface area (Å²) < 4.78 is 36.9. The maximum Gasteiger partial charge on any atom is 0.245 e. The van der Waals surface area contributed by atoms with Gasteiger partial charge in [0.1, 0.15) is 15.9 Å². The third kappa shape index (κ3) is 3.75. The molecule has 0 bridgehead atoms. The van der Waals surface area contributed by atoms with Crippen LogP contribution in [-0.2, 0) is 23.1 Å². The number of fused-ring (bicyclic) bond motifs is 1. The SMILES string of the molecule is O=S(=O)(c1cccc2nsnc12)N(Cc1ccccc1)Cc1ccccc1. The Labute approximate surface area is 162 Å². The molecule has 4 rings (SSSR count). The van der Waals surface area contributed by atoms with Crippen molar-refractivity contribution in [1.29, 1.82) is 0 Å². The van der Waals surface area contributed by atoms with E-state index in [1.807, 2.05) is 60.7 Å². The van der Waals surface area contributed by atoms with Crippen LogP contribution in [0.3, 0.4) is 0 Å². The first-order valence-corrected chi connectivity index (χ1v) is 10.6. The lowest BCUT2D eigenvalue weighted by atomic mass is 10.2. The molecule has 27 heavy (non-hydrogen) atoms. The molecule has 0 saturated heterocycles. The monoisotopic (exact) mass is 395 g/mol. The molecule has 0 unspecified atom stereocenters. The van der Waals surface area contributed by atoms with Gasteiger partial charge in [-0.1, -0.05) is 66.7 Å². The van der Waals surface area contributed by atoms with E-state index in [0.717, 1.165) is 22.9 Å². The Morgan fingerprint density at radius 1 is 0.741 bits per heavy atom. The van der Waals surface area contributed by atoms with Crippen LogP contribution in [0.2, 0.25) is 0 Å². The molecule has 4 aromatic rings. The lowest BCUT2D eigenvalue weighted by molar-refractivity contribution is 0.401. The first-order valence-electron chi connectivity index (χ1n) is 8.44. The van der Waals surface area contributed by atoms with Gasteiger partial charge in [-0.25, -0.2) is 8.42 Å². The first kappa shape index (κ1) is 17.8. The zero-order valence-corrected chi connectivity index (χ0v) is 16.0. The minimum absolute atomic E-state index is 0.195. The number of sulfonamides is 1. The van der Waals surface area contributed by atoms with Crippen LogP contribution in [0, 0.1) is 0 Å². The van der Waals surface area contributed by atoms with E-state index in [2.05, 4.69) is 8.75 Å². The summed E-state index contributed by atoms with van der Waals surface area (Å²) in [7, 11) is -3.76. The summed E-state index contributed by atoms with van der Waals surface area (Å²) in [5.74, 6) is 0. The minimum Gasteiger partial charge on any atom is -0.207 e. The molecule has 0 N–H and O–H groups in total. The lowest BCUT2D eigenvalue weighted by Crippen LogP contribution is -2.30. The maximum absolute atomic E-state index is 13.5. The zero-order chi connectivity index (χ0) is 18.7. The molecular formula is C20H17N3O2S2. The minimum atomic E-state index is -3.76. The smallest absolute Gasteiger partial charge is 0.207 e. The van der Waals surface area contributed by atoms with E-state index < -0.39 is 10.0 Å². The van der Waals surface area contributed by atoms with Crippen molar-refractivity contribution in [3.8, 4) is 0 Å². The van der Waals surface area contributed by atoms with Crippen LogP contribution in [0.1, 0.15) is 11.1 Å². The fourth-order valence-corrected chi connectivity index (χ4v) is 5.10. The molecule has 0 saturated carbocycles. The summed E-state index contributed by atoms with van der Waals surface area (Å²) in [6.07, 6.45) is 0. The molecule has 1 aromatic heterocycles. The molecule has 3 aromatic carbocycles. The maximum atomic E-state index is 13.5. The van der Waals surface area contributed by atoms with Crippen molar-refractivity contribution in [3.63, 3.8) is 0 Å². The Kier molecular flexibility index (Phi) is 4.98. The Morgan fingerprint density at radius 3 is 1.93 bits per heavy atom. The van der Waals surface area contributed by atoms with Gasteiger partial charge in [0.25, 0.3) is 0 Å². The molecular weight excluding hydrogens is 378 g/mol. The highest BCUT2D eigenvalue weighted by Crippen LogP contribution is 2.26. The van der Waals surface area contributed by atoms with Crippen molar-refractivity contribution < 1.29 is 8.42 Å². The van der Waals surface area contributed by atoms with Crippen LogP contribution in [-0.4, -0.2) is 21.5 Å². The molecule has 0 radical (unpaired) electrons. The van der Waals surface area contributed by atoms with Crippen LogP contribution < -0.4 is 0 Å². The second kappa shape index (κ2) is 7.56. The first-order chi connectivity index (χ1) is 13.1. The van der Waals surface area contributed by atoms with Crippen LogP contribution >= 0.6 is 11.7 Å². The zero-order valence-electron chi connectivity index (χ0n) is 14.4. The molecule has 1 heterocycles. The summed E-state index contributed by atoms with van der Waals surface area (Å²) in [6, 6.07) is 24.3. The van der Waals surface area contributed by atoms with Crippen molar-refractivity contribution in [1.82, 2.24) is 13.1 Å². The normalized spacial score (nSPS) is 11.9. The summed E-state index contributed by atoms with van der Waals surface area (Å²) >= 11 is 1.02. The summed E-state index contributed by atoms with van der Waals surface area (Å²) in [6.45, 7) is 0.568. The highest BCUT2D eigenvalue weighted by atomic mass is 32.2. The van der Waals surface area contributed by atoms with E-state index in [1.165, 1.54) is 4.31 Å². The average Bonchev–Trinajstić information content (AvgIpc) is 3.18. The highest BCUT2D eigenvalue weighted by Gasteiger charge is 2.28. The van der Waals surface area contributed by atoms with Gasteiger partial charge in [0.15, 0.2) is 0 Å². The van der Waals surface area contributed by atoms with Crippen molar-refractivity contribution in [3.05, 3.63) is 90.0 Å². The summed E-state index contributed by atoms with van der Waals surface area (Å²) in [5.41, 5.74) is 2.88. The Bertz CT molecular complexity index is 1100. The van der Waals surface area contributed by atoms with E-state index in [9.17, 15) is 8.42 Å². The average molecular weight is 396 g/mol. The standard InChI is InChI=1S/C20H17N3O2S2/c24-27(25,19-13-7-12-18-20(19)22-26-21-18)23(14-16-8-3-1-4-9-16)15-17-10-5-2-6-11-17/h1-13H,14-15H2. The molecule has 5 nitrogen and oxygen atoms in total. The molecule has 0 spiro atoms. The Balaban J connectivity index is 1.77. The lowest BCUT2D eigenvalue weighted by Gasteiger charge is -2.22. The number of hydrogen-bond acceptors (Lipinski definition) is 5. The quantitative estimate of drug-likeness (QED) is 0.493. The number of rotatable bonds is 6. The van der Waals surface area contributed by atoms with Gasteiger partial charge in [0.05, 0.1) is 11.7 Å². The van der Waals surface area contributed by atoms with E-state index in [-0.39, 0.29) is 18.0 Å². The molecule has 7 heteroatoms. The largest absolute Gasteiger partial charge is 0.245 e. The van der Waals surface area contributed by atoms with Crippen molar-refractivity contribution >= 4 is 32.8 Å². The van der Waals surface area contributed by atoms with Crippen LogP contribution in [0.5, 0.6) is 0 Å². The van der Waals surface area contributed by atoms with E-state index >= 15 is 0 Å². The highest BCUT2D eigenvalue weighted by molar-refractivity contribution is 7.89. The molecule has 0 fully saturated rings. The van der Waals surface area contributed by atoms with Gasteiger partial charge in [-0.05, 0) is 23.3 Å².